The fourth-order valence-electron chi connectivity index (χ4n) is 2.97. The highest BCUT2D eigenvalue weighted by Gasteiger charge is 2.35. The fraction of sp³-hybridized carbons (Fsp3) is 0.150. The number of hydrogen-bond donors (Lipinski definition) is 2. The third-order valence-corrected chi connectivity index (χ3v) is 6.39. The van der Waals surface area contributed by atoms with Crippen molar-refractivity contribution in [1.29, 1.82) is 0 Å². The molecule has 0 aliphatic rings. The van der Waals surface area contributed by atoms with Crippen LogP contribution in [0.2, 0.25) is 10.0 Å². The third-order valence-electron chi connectivity index (χ3n) is 4.49. The van der Waals surface area contributed by atoms with E-state index in [-0.39, 0.29) is 27.5 Å². The van der Waals surface area contributed by atoms with E-state index in [1.54, 1.807) is 0 Å². The van der Waals surface area contributed by atoms with Crippen LogP contribution in [0.3, 0.4) is 0 Å². The van der Waals surface area contributed by atoms with Crippen LogP contribution in [0.5, 0.6) is 0 Å². The van der Waals surface area contributed by atoms with E-state index in [0.29, 0.717) is 6.07 Å². The van der Waals surface area contributed by atoms with Gasteiger partial charge < -0.3 is 5.11 Å². The molecular formula is C20H14Cl2F3N3O4S. The van der Waals surface area contributed by atoms with Gasteiger partial charge in [-0.15, -0.1) is 0 Å². The smallest absolute Gasteiger partial charge is 0.392 e. The molecule has 7 nitrogen and oxygen atoms in total. The Labute approximate surface area is 196 Å². The molecule has 0 saturated carbocycles. The number of aryl methyl sites for hydroxylation is 1. The molecule has 2 heterocycles. The largest absolute Gasteiger partial charge is 0.417 e. The average molecular weight is 520 g/mol. The van der Waals surface area contributed by atoms with Gasteiger partial charge in [-0.2, -0.15) is 13.2 Å². The van der Waals surface area contributed by atoms with Crippen LogP contribution in [0.25, 0.3) is 0 Å². The first kappa shape index (κ1) is 24.9. The van der Waals surface area contributed by atoms with E-state index in [9.17, 15) is 31.5 Å². The molecule has 13 heteroatoms. The minimum absolute atomic E-state index is 0.00104. The number of aliphatic hydroxyl groups is 1. The molecule has 0 aliphatic heterocycles. The third kappa shape index (κ3) is 5.27. The highest BCUT2D eigenvalue weighted by molar-refractivity contribution is 7.92. The Bertz CT molecular complexity index is 1350. The van der Waals surface area contributed by atoms with Crippen molar-refractivity contribution < 1.29 is 31.5 Å². The number of anilines is 1. The van der Waals surface area contributed by atoms with E-state index in [1.165, 1.54) is 19.2 Å². The molecule has 0 radical (unpaired) electrons. The summed E-state index contributed by atoms with van der Waals surface area (Å²) in [5, 5.41) is 8.85. The maximum Gasteiger partial charge on any atom is 0.417 e. The first-order valence-corrected chi connectivity index (χ1v) is 11.2. The summed E-state index contributed by atoms with van der Waals surface area (Å²) in [5.74, 6) is -0.772. The summed E-state index contributed by atoms with van der Waals surface area (Å²) >= 11 is 11.5. The molecule has 0 atom stereocenters. The molecule has 0 aliphatic carbocycles. The number of rotatable bonds is 6. The van der Waals surface area contributed by atoms with Gasteiger partial charge in [-0.25, -0.2) is 13.4 Å². The second-order valence-electron chi connectivity index (χ2n) is 6.71. The van der Waals surface area contributed by atoms with Gasteiger partial charge in [0.2, 0.25) is 5.78 Å². The first-order chi connectivity index (χ1) is 15.3. The lowest BCUT2D eigenvalue weighted by Crippen LogP contribution is -2.19. The zero-order valence-electron chi connectivity index (χ0n) is 16.6. The summed E-state index contributed by atoms with van der Waals surface area (Å²) < 4.78 is 67.3. The second-order valence-corrected chi connectivity index (χ2v) is 9.24. The Morgan fingerprint density at radius 1 is 1.15 bits per heavy atom. The van der Waals surface area contributed by atoms with Crippen molar-refractivity contribution in [2.45, 2.75) is 24.6 Å². The normalized spacial score (nSPS) is 12.0. The van der Waals surface area contributed by atoms with Gasteiger partial charge in [-0.05, 0) is 42.8 Å². The van der Waals surface area contributed by atoms with E-state index in [1.807, 2.05) is 0 Å². The number of pyridine rings is 2. The molecule has 174 valence electrons. The Morgan fingerprint density at radius 3 is 2.48 bits per heavy atom. The Morgan fingerprint density at radius 2 is 1.85 bits per heavy atom. The van der Waals surface area contributed by atoms with Gasteiger partial charge in [0.1, 0.15) is 5.69 Å². The molecule has 3 rings (SSSR count). The number of benzene rings is 1. The lowest BCUT2D eigenvalue weighted by Gasteiger charge is -2.15. The summed E-state index contributed by atoms with van der Waals surface area (Å²) in [4.78, 5) is 20.3. The summed E-state index contributed by atoms with van der Waals surface area (Å²) in [6, 6.07) is 4.55. The number of alkyl halides is 3. The number of hydrogen-bond acceptors (Lipinski definition) is 6. The predicted molar refractivity (Wildman–Crippen MR) is 115 cm³/mol. The average Bonchev–Trinajstić information content (AvgIpc) is 2.72. The molecule has 0 unspecified atom stereocenters. The highest BCUT2D eigenvalue weighted by atomic mass is 35.5. The number of nitrogens with one attached hydrogen (secondary N) is 1. The van der Waals surface area contributed by atoms with Crippen molar-refractivity contribution in [3.05, 3.63) is 80.8 Å². The van der Waals surface area contributed by atoms with Gasteiger partial charge in [0, 0.05) is 18.1 Å². The standard InChI is InChI=1S/C20H14Cl2F3N3O4S/c1-10-17(11(9-29)4-5-26-10)19(30)18-16(6-12(21)8-27-18)28-33(31,32)13-2-3-15(22)14(7-13)20(23,24)25/h2-8,28-29H,9H2,1H3. The van der Waals surface area contributed by atoms with E-state index < -0.39 is 49.8 Å². The lowest BCUT2D eigenvalue weighted by molar-refractivity contribution is -0.137. The Balaban J connectivity index is 2.10. The summed E-state index contributed by atoms with van der Waals surface area (Å²) in [6.07, 6.45) is -2.41. The Hall–Kier alpha value is -2.73. The van der Waals surface area contributed by atoms with Crippen LogP contribution >= 0.6 is 23.2 Å². The highest BCUT2D eigenvalue weighted by Crippen LogP contribution is 2.36. The van der Waals surface area contributed by atoms with Crippen LogP contribution in [0.1, 0.15) is 32.9 Å². The number of aromatic nitrogens is 2. The number of carbonyl (C=O) groups is 1. The number of nitrogens with zero attached hydrogens (tertiary/aromatic N) is 2. The molecule has 0 bridgehead atoms. The topological polar surface area (TPSA) is 109 Å². The zero-order valence-corrected chi connectivity index (χ0v) is 18.9. The van der Waals surface area contributed by atoms with Crippen molar-refractivity contribution >= 4 is 44.7 Å². The van der Waals surface area contributed by atoms with Crippen LogP contribution in [0, 0.1) is 6.92 Å². The molecule has 2 N–H and O–H groups in total. The van der Waals surface area contributed by atoms with E-state index in [0.717, 1.165) is 24.4 Å². The van der Waals surface area contributed by atoms with Gasteiger partial charge >= 0.3 is 6.18 Å². The zero-order chi connectivity index (χ0) is 24.6. The molecule has 0 spiro atoms. The number of ketones is 1. The molecule has 3 aromatic rings. The number of carbonyl (C=O) groups excluding carboxylic acids is 1. The maximum atomic E-state index is 13.2. The molecule has 2 aromatic heterocycles. The number of aliphatic hydroxyl groups excluding tert-OH is 1. The molecule has 0 saturated heterocycles. The van der Waals surface area contributed by atoms with Crippen LogP contribution in [-0.2, 0) is 22.8 Å². The van der Waals surface area contributed by atoms with Gasteiger partial charge in [-0.3, -0.25) is 14.5 Å². The van der Waals surface area contributed by atoms with Gasteiger partial charge in [0.25, 0.3) is 10.0 Å². The van der Waals surface area contributed by atoms with Gasteiger partial charge in [-0.1, -0.05) is 23.2 Å². The van der Waals surface area contributed by atoms with Crippen molar-refractivity contribution in [3.63, 3.8) is 0 Å². The monoisotopic (exact) mass is 519 g/mol. The van der Waals surface area contributed by atoms with E-state index in [4.69, 9.17) is 23.2 Å². The lowest BCUT2D eigenvalue weighted by atomic mass is 10.00. The SMILES string of the molecule is Cc1nccc(CO)c1C(=O)c1ncc(Cl)cc1NS(=O)(=O)c1ccc(Cl)c(C(F)(F)F)c1. The predicted octanol–water partition coefficient (Wildman–Crippen LogP) is 4.63. The first-order valence-electron chi connectivity index (χ1n) is 9.00. The molecule has 0 fully saturated rings. The summed E-state index contributed by atoms with van der Waals surface area (Å²) in [6.45, 7) is 1.02. The minimum Gasteiger partial charge on any atom is -0.392 e. The van der Waals surface area contributed by atoms with Crippen LogP contribution in [0.4, 0.5) is 18.9 Å². The Kier molecular flexibility index (Phi) is 6.99. The van der Waals surface area contributed by atoms with Crippen molar-refractivity contribution in [2.24, 2.45) is 0 Å². The molecule has 33 heavy (non-hydrogen) atoms. The van der Waals surface area contributed by atoms with Crippen molar-refractivity contribution in [2.75, 3.05) is 4.72 Å². The minimum atomic E-state index is -4.89. The van der Waals surface area contributed by atoms with Crippen molar-refractivity contribution in [1.82, 2.24) is 9.97 Å². The van der Waals surface area contributed by atoms with Gasteiger partial charge in [0.15, 0.2) is 0 Å². The quantitative estimate of drug-likeness (QED) is 0.459. The van der Waals surface area contributed by atoms with Crippen molar-refractivity contribution in [3.8, 4) is 0 Å². The van der Waals surface area contributed by atoms with Crippen LogP contribution in [-0.4, -0.2) is 29.3 Å². The summed E-state index contributed by atoms with van der Waals surface area (Å²) in [5.41, 5.74) is -1.62. The van der Waals surface area contributed by atoms with E-state index >= 15 is 0 Å². The number of sulfonamides is 1. The fourth-order valence-corrected chi connectivity index (χ4v) is 4.44. The van der Waals surface area contributed by atoms with Crippen LogP contribution in [0.15, 0.2) is 47.6 Å². The number of halogens is 5. The van der Waals surface area contributed by atoms with Gasteiger partial charge in [0.05, 0.1) is 38.4 Å². The molecule has 1 aromatic carbocycles. The van der Waals surface area contributed by atoms with E-state index in [2.05, 4.69) is 14.7 Å². The van der Waals surface area contributed by atoms with Crippen LogP contribution < -0.4 is 4.72 Å². The summed E-state index contributed by atoms with van der Waals surface area (Å²) in [7, 11) is -4.62. The molecular weight excluding hydrogens is 506 g/mol. The second kappa shape index (κ2) is 9.26. The maximum absolute atomic E-state index is 13.2. The molecule has 0 amide bonds.